The summed E-state index contributed by atoms with van der Waals surface area (Å²) in [6.07, 6.45) is 1.73. The molecule has 96 valence electrons. The number of carbonyl (C=O) groups is 2. The molecular weight excluding hydrogens is 218 g/mol. The van der Waals surface area contributed by atoms with E-state index in [1.54, 1.807) is 11.8 Å². The van der Waals surface area contributed by atoms with Crippen molar-refractivity contribution in [2.45, 2.75) is 46.1 Å². The molecule has 0 bridgehead atoms. The first-order valence-corrected chi connectivity index (χ1v) is 6.23. The van der Waals surface area contributed by atoms with Crippen LogP contribution in [-0.4, -0.2) is 35.5 Å². The van der Waals surface area contributed by atoms with Crippen LogP contribution in [0.4, 0.5) is 4.79 Å². The predicted octanol–water partition coefficient (Wildman–Crippen LogP) is 2.22. The third kappa shape index (κ3) is 2.31. The van der Waals surface area contributed by atoms with E-state index >= 15 is 0 Å². The topological polar surface area (TPSA) is 46.6 Å². The van der Waals surface area contributed by atoms with E-state index in [4.69, 9.17) is 4.74 Å². The maximum atomic E-state index is 11.7. The molecule has 0 aromatic rings. The van der Waals surface area contributed by atoms with Crippen LogP contribution in [0.3, 0.4) is 0 Å². The van der Waals surface area contributed by atoms with Gasteiger partial charge < -0.3 is 9.64 Å². The minimum absolute atomic E-state index is 0.0987. The molecule has 2 fully saturated rings. The molecule has 4 heteroatoms. The van der Waals surface area contributed by atoms with E-state index in [9.17, 15) is 9.59 Å². The monoisotopic (exact) mass is 239 g/mol. The van der Waals surface area contributed by atoms with Crippen molar-refractivity contribution in [1.82, 2.24) is 4.90 Å². The number of hydrogen-bond donors (Lipinski definition) is 0. The highest BCUT2D eigenvalue weighted by molar-refractivity contribution is 5.86. The quantitative estimate of drug-likeness (QED) is 0.742. The number of likely N-dealkylation sites (tertiary alicyclic amines) is 1. The SMILES string of the molecule is CC(=O)C1(C2CN(C(=O)OC(C)(C)C)C2)CC1. The molecule has 1 saturated heterocycles. The number of Topliss-reactive ketones (excluding diaryl/α,β-unsaturated/α-hetero) is 1. The van der Waals surface area contributed by atoms with Gasteiger partial charge in [-0.2, -0.15) is 0 Å². The second-order valence-electron chi connectivity index (χ2n) is 6.29. The van der Waals surface area contributed by atoms with Gasteiger partial charge in [0.25, 0.3) is 0 Å². The Labute approximate surface area is 102 Å². The lowest BCUT2D eigenvalue weighted by molar-refractivity contribution is -0.126. The fraction of sp³-hybridized carbons (Fsp3) is 0.846. The number of ether oxygens (including phenoxy) is 1. The first-order chi connectivity index (χ1) is 7.74. The van der Waals surface area contributed by atoms with Gasteiger partial charge in [-0.25, -0.2) is 4.79 Å². The van der Waals surface area contributed by atoms with Gasteiger partial charge in [0, 0.05) is 24.4 Å². The first-order valence-electron chi connectivity index (χ1n) is 6.23. The highest BCUT2D eigenvalue weighted by Gasteiger charge is 2.57. The van der Waals surface area contributed by atoms with Crippen molar-refractivity contribution in [3.63, 3.8) is 0 Å². The zero-order chi connectivity index (χ0) is 12.8. The van der Waals surface area contributed by atoms with Crippen LogP contribution in [0.5, 0.6) is 0 Å². The maximum absolute atomic E-state index is 11.7. The minimum Gasteiger partial charge on any atom is -0.444 e. The van der Waals surface area contributed by atoms with Gasteiger partial charge in [-0.1, -0.05) is 0 Å². The smallest absolute Gasteiger partial charge is 0.410 e. The highest BCUT2D eigenvalue weighted by atomic mass is 16.6. The average Bonchev–Trinajstić information content (AvgIpc) is 2.78. The lowest BCUT2D eigenvalue weighted by Crippen LogP contribution is -2.55. The molecule has 1 saturated carbocycles. The molecule has 2 rings (SSSR count). The van der Waals surface area contributed by atoms with E-state index in [-0.39, 0.29) is 17.3 Å². The van der Waals surface area contributed by atoms with Gasteiger partial charge in [-0.05, 0) is 40.5 Å². The summed E-state index contributed by atoms with van der Waals surface area (Å²) in [4.78, 5) is 24.9. The van der Waals surface area contributed by atoms with Crippen LogP contribution in [0.2, 0.25) is 0 Å². The van der Waals surface area contributed by atoms with Crippen LogP contribution in [0.1, 0.15) is 40.5 Å². The lowest BCUT2D eigenvalue weighted by atomic mass is 9.80. The molecule has 0 atom stereocenters. The Balaban J connectivity index is 1.83. The van der Waals surface area contributed by atoms with Crippen LogP contribution >= 0.6 is 0 Å². The Morgan fingerprint density at radius 2 is 1.76 bits per heavy atom. The van der Waals surface area contributed by atoms with Crippen LogP contribution in [0, 0.1) is 11.3 Å². The van der Waals surface area contributed by atoms with Crippen molar-refractivity contribution in [3.05, 3.63) is 0 Å². The molecule has 1 aliphatic heterocycles. The van der Waals surface area contributed by atoms with Gasteiger partial charge >= 0.3 is 6.09 Å². The van der Waals surface area contributed by atoms with Crippen LogP contribution < -0.4 is 0 Å². The Kier molecular flexibility index (Phi) is 2.71. The molecule has 0 unspecified atom stereocenters. The molecule has 1 heterocycles. The zero-order valence-corrected chi connectivity index (χ0v) is 11.1. The van der Waals surface area contributed by atoms with Crippen LogP contribution in [0.15, 0.2) is 0 Å². The molecule has 0 aromatic heterocycles. The Morgan fingerprint density at radius 1 is 1.24 bits per heavy atom. The second-order valence-corrected chi connectivity index (χ2v) is 6.29. The molecule has 0 radical (unpaired) electrons. The molecule has 1 amide bonds. The molecule has 1 aliphatic carbocycles. The Bertz CT molecular complexity index is 346. The number of rotatable bonds is 2. The van der Waals surface area contributed by atoms with Crippen LogP contribution in [-0.2, 0) is 9.53 Å². The summed E-state index contributed by atoms with van der Waals surface area (Å²) in [6, 6.07) is 0. The lowest BCUT2D eigenvalue weighted by Gasteiger charge is -2.43. The number of carbonyl (C=O) groups excluding carboxylic acids is 2. The third-order valence-electron chi connectivity index (χ3n) is 3.80. The molecule has 0 aromatic carbocycles. The summed E-state index contributed by atoms with van der Waals surface area (Å²) in [5.74, 6) is 0.638. The highest BCUT2D eigenvalue weighted by Crippen LogP contribution is 2.55. The summed E-state index contributed by atoms with van der Waals surface area (Å²) >= 11 is 0. The number of hydrogen-bond acceptors (Lipinski definition) is 3. The van der Waals surface area contributed by atoms with Crippen molar-refractivity contribution in [3.8, 4) is 0 Å². The molecule has 0 spiro atoms. The normalized spacial score (nSPS) is 22.9. The summed E-state index contributed by atoms with van der Waals surface area (Å²) in [6.45, 7) is 8.60. The first kappa shape index (κ1) is 12.4. The van der Waals surface area contributed by atoms with Gasteiger partial charge in [0.2, 0.25) is 0 Å². The average molecular weight is 239 g/mol. The van der Waals surface area contributed by atoms with Gasteiger partial charge in [-0.15, -0.1) is 0 Å². The third-order valence-corrected chi connectivity index (χ3v) is 3.80. The maximum Gasteiger partial charge on any atom is 0.410 e. The fourth-order valence-corrected chi connectivity index (χ4v) is 2.49. The predicted molar refractivity (Wildman–Crippen MR) is 63.6 cm³/mol. The van der Waals surface area contributed by atoms with E-state index in [1.807, 2.05) is 20.8 Å². The standard InChI is InChI=1S/C13H21NO3/c1-9(15)13(5-6-13)10-7-14(8-10)11(16)17-12(2,3)4/h10H,5-8H2,1-4H3. The van der Waals surface area contributed by atoms with Crippen molar-refractivity contribution in [2.24, 2.45) is 11.3 Å². The van der Waals surface area contributed by atoms with Crippen LogP contribution in [0.25, 0.3) is 0 Å². The summed E-state index contributed by atoms with van der Waals surface area (Å²) < 4.78 is 5.29. The number of amides is 1. The van der Waals surface area contributed by atoms with E-state index < -0.39 is 5.60 Å². The minimum atomic E-state index is -0.444. The molecular formula is C13H21NO3. The number of nitrogens with zero attached hydrogens (tertiary/aromatic N) is 1. The zero-order valence-electron chi connectivity index (χ0n) is 11.1. The fourth-order valence-electron chi connectivity index (χ4n) is 2.49. The summed E-state index contributed by atoms with van der Waals surface area (Å²) in [5, 5.41) is 0. The van der Waals surface area contributed by atoms with E-state index in [0.29, 0.717) is 19.0 Å². The van der Waals surface area contributed by atoms with E-state index in [2.05, 4.69) is 0 Å². The van der Waals surface area contributed by atoms with Gasteiger partial charge in [0.05, 0.1) is 0 Å². The van der Waals surface area contributed by atoms with Crippen molar-refractivity contribution < 1.29 is 14.3 Å². The number of ketones is 1. The summed E-state index contributed by atoms with van der Waals surface area (Å²) in [7, 11) is 0. The molecule has 0 N–H and O–H groups in total. The van der Waals surface area contributed by atoms with Crippen molar-refractivity contribution in [1.29, 1.82) is 0 Å². The van der Waals surface area contributed by atoms with E-state index in [1.165, 1.54) is 0 Å². The molecule has 4 nitrogen and oxygen atoms in total. The van der Waals surface area contributed by atoms with Gasteiger partial charge in [0.15, 0.2) is 0 Å². The second kappa shape index (κ2) is 3.72. The van der Waals surface area contributed by atoms with Crippen molar-refractivity contribution in [2.75, 3.05) is 13.1 Å². The van der Waals surface area contributed by atoms with Gasteiger partial charge in [-0.3, -0.25) is 4.79 Å². The molecule has 17 heavy (non-hydrogen) atoms. The summed E-state index contributed by atoms with van der Waals surface area (Å²) in [5.41, 5.74) is -0.543. The Morgan fingerprint density at radius 3 is 2.12 bits per heavy atom. The van der Waals surface area contributed by atoms with Gasteiger partial charge in [0.1, 0.15) is 11.4 Å². The Hall–Kier alpha value is -1.06. The van der Waals surface area contributed by atoms with E-state index in [0.717, 1.165) is 12.8 Å². The van der Waals surface area contributed by atoms with Crippen molar-refractivity contribution >= 4 is 11.9 Å². The largest absolute Gasteiger partial charge is 0.444 e. The molecule has 2 aliphatic rings.